The molecular formula is C19H38O5. The van der Waals surface area contributed by atoms with Crippen LogP contribution in [-0.2, 0) is 23.7 Å². The Kier molecular flexibility index (Phi) is 11.1. The number of unbranched alkanes of at least 4 members (excludes halogenated alkanes) is 4. The van der Waals surface area contributed by atoms with Crippen LogP contribution in [0.5, 0.6) is 0 Å². The highest BCUT2D eigenvalue weighted by atomic mass is 16.9. The van der Waals surface area contributed by atoms with E-state index in [9.17, 15) is 0 Å². The molecule has 1 rings (SSSR count). The van der Waals surface area contributed by atoms with Crippen molar-refractivity contribution in [1.29, 1.82) is 0 Å². The number of hydrogen-bond donors (Lipinski definition) is 0. The van der Waals surface area contributed by atoms with E-state index in [0.29, 0.717) is 6.61 Å². The molecule has 0 aromatic heterocycles. The average Bonchev–Trinajstić information content (AvgIpc) is 3.43. The Balaban J connectivity index is 2.71. The molecule has 144 valence electrons. The third-order valence-electron chi connectivity index (χ3n) is 4.85. The molecule has 1 aliphatic rings. The largest absolute Gasteiger partial charge is 0.375 e. The van der Waals surface area contributed by atoms with Gasteiger partial charge in [-0.1, -0.05) is 52.4 Å². The van der Waals surface area contributed by atoms with Crippen molar-refractivity contribution in [3.05, 3.63) is 0 Å². The highest BCUT2D eigenvalue weighted by Crippen LogP contribution is 2.34. The van der Waals surface area contributed by atoms with Crippen LogP contribution in [0.15, 0.2) is 0 Å². The Hall–Kier alpha value is -0.200. The number of methoxy groups -OCH3 is 3. The minimum Gasteiger partial charge on any atom is -0.375 e. The summed E-state index contributed by atoms with van der Waals surface area (Å²) in [5, 5.41) is 0. The molecule has 1 aliphatic heterocycles. The summed E-state index contributed by atoms with van der Waals surface area (Å²) in [5.74, 6) is -1.01. The second-order valence-corrected chi connectivity index (χ2v) is 6.64. The van der Waals surface area contributed by atoms with Crippen LogP contribution in [0.2, 0.25) is 0 Å². The third kappa shape index (κ3) is 6.96. The van der Waals surface area contributed by atoms with E-state index in [4.69, 9.17) is 23.7 Å². The van der Waals surface area contributed by atoms with Crippen molar-refractivity contribution in [3.63, 3.8) is 0 Å². The fraction of sp³-hybridized carbons (Fsp3) is 1.00. The molecule has 3 atom stereocenters. The highest BCUT2D eigenvalue weighted by molar-refractivity contribution is 4.81. The Labute approximate surface area is 148 Å². The van der Waals surface area contributed by atoms with Gasteiger partial charge < -0.3 is 23.7 Å². The molecule has 0 aromatic rings. The van der Waals surface area contributed by atoms with Crippen molar-refractivity contribution < 1.29 is 23.7 Å². The molecular weight excluding hydrogens is 308 g/mol. The van der Waals surface area contributed by atoms with E-state index in [-0.39, 0.29) is 18.1 Å². The zero-order chi connectivity index (χ0) is 17.8. The fourth-order valence-corrected chi connectivity index (χ4v) is 3.35. The number of rotatable bonds is 16. The highest BCUT2D eigenvalue weighted by Gasteiger charge is 2.45. The molecule has 0 radical (unpaired) electrons. The van der Waals surface area contributed by atoms with Crippen LogP contribution >= 0.6 is 0 Å². The summed E-state index contributed by atoms with van der Waals surface area (Å²) in [6.07, 6.45) is 9.52. The van der Waals surface area contributed by atoms with Crippen molar-refractivity contribution in [3.8, 4) is 0 Å². The predicted octanol–water partition coefficient (Wildman–Crippen LogP) is 4.14. The van der Waals surface area contributed by atoms with Crippen LogP contribution in [-0.4, -0.2) is 52.7 Å². The van der Waals surface area contributed by atoms with E-state index in [1.165, 1.54) is 25.7 Å². The van der Waals surface area contributed by atoms with Crippen LogP contribution in [0.25, 0.3) is 0 Å². The van der Waals surface area contributed by atoms with Crippen LogP contribution in [0.4, 0.5) is 0 Å². The van der Waals surface area contributed by atoms with Gasteiger partial charge in [-0.25, -0.2) is 0 Å². The number of epoxide rings is 1. The number of ether oxygens (including phenoxy) is 5. The first kappa shape index (κ1) is 21.8. The SMILES string of the molecule is CCCCCCCC(OCC1CO1)C(CCC)C(OC)(OC)OC. The third-order valence-corrected chi connectivity index (χ3v) is 4.85. The minimum absolute atomic E-state index is 0.0347. The van der Waals surface area contributed by atoms with Crippen molar-refractivity contribution in [2.75, 3.05) is 34.5 Å². The van der Waals surface area contributed by atoms with E-state index < -0.39 is 5.97 Å². The predicted molar refractivity (Wildman–Crippen MR) is 95.0 cm³/mol. The number of hydrogen-bond acceptors (Lipinski definition) is 5. The van der Waals surface area contributed by atoms with Gasteiger partial charge in [0.15, 0.2) is 0 Å². The first-order chi connectivity index (χ1) is 11.7. The first-order valence-corrected chi connectivity index (χ1v) is 9.56. The average molecular weight is 347 g/mol. The second kappa shape index (κ2) is 12.2. The Bertz CT molecular complexity index is 294. The van der Waals surface area contributed by atoms with Crippen LogP contribution in [0, 0.1) is 5.92 Å². The maximum Gasteiger partial charge on any atom is 0.287 e. The smallest absolute Gasteiger partial charge is 0.287 e. The summed E-state index contributed by atoms with van der Waals surface area (Å²) in [4.78, 5) is 0. The normalized spacial score (nSPS) is 20.1. The second-order valence-electron chi connectivity index (χ2n) is 6.64. The Morgan fingerprint density at radius 1 is 0.917 bits per heavy atom. The fourth-order valence-electron chi connectivity index (χ4n) is 3.35. The van der Waals surface area contributed by atoms with E-state index in [2.05, 4.69) is 13.8 Å². The summed E-state index contributed by atoms with van der Waals surface area (Å²) in [6, 6.07) is 0. The molecule has 3 unspecified atom stereocenters. The Morgan fingerprint density at radius 3 is 2.04 bits per heavy atom. The van der Waals surface area contributed by atoms with Gasteiger partial charge in [-0.2, -0.15) is 0 Å². The maximum atomic E-state index is 6.23. The van der Waals surface area contributed by atoms with Gasteiger partial charge in [0, 0.05) is 21.3 Å². The monoisotopic (exact) mass is 346 g/mol. The van der Waals surface area contributed by atoms with E-state index >= 15 is 0 Å². The van der Waals surface area contributed by atoms with Crippen LogP contribution < -0.4 is 0 Å². The van der Waals surface area contributed by atoms with Gasteiger partial charge in [0.2, 0.25) is 0 Å². The van der Waals surface area contributed by atoms with Crippen LogP contribution in [0.3, 0.4) is 0 Å². The van der Waals surface area contributed by atoms with Gasteiger partial charge in [-0.15, -0.1) is 0 Å². The van der Waals surface area contributed by atoms with E-state index in [1.807, 2.05) is 0 Å². The molecule has 5 nitrogen and oxygen atoms in total. The lowest BCUT2D eigenvalue weighted by Gasteiger charge is -2.40. The molecule has 0 N–H and O–H groups in total. The Morgan fingerprint density at radius 2 is 1.54 bits per heavy atom. The summed E-state index contributed by atoms with van der Waals surface area (Å²) in [5.41, 5.74) is 0. The molecule has 0 aliphatic carbocycles. The summed E-state index contributed by atoms with van der Waals surface area (Å²) in [6.45, 7) is 5.86. The molecule has 1 saturated heterocycles. The minimum atomic E-state index is -1.05. The summed E-state index contributed by atoms with van der Waals surface area (Å²) in [7, 11) is 4.91. The van der Waals surface area contributed by atoms with Crippen molar-refractivity contribution in [1.82, 2.24) is 0 Å². The standard InChI is InChI=1S/C19H38O5/c1-6-8-9-10-11-13-18(24-15-16-14-23-16)17(12-7-2)19(20-3,21-4)22-5/h16-18H,6-15H2,1-5H3. The van der Waals surface area contributed by atoms with Crippen LogP contribution in [0.1, 0.15) is 65.2 Å². The first-order valence-electron chi connectivity index (χ1n) is 9.56. The molecule has 1 heterocycles. The maximum absolute atomic E-state index is 6.23. The molecule has 0 aromatic carbocycles. The summed E-state index contributed by atoms with van der Waals surface area (Å²) >= 11 is 0. The lowest BCUT2D eigenvalue weighted by atomic mass is 9.90. The molecule has 24 heavy (non-hydrogen) atoms. The molecule has 0 saturated carbocycles. The molecule has 5 heteroatoms. The molecule has 0 spiro atoms. The zero-order valence-electron chi connectivity index (χ0n) is 16.3. The van der Waals surface area contributed by atoms with Gasteiger partial charge >= 0.3 is 0 Å². The molecule has 1 fully saturated rings. The summed E-state index contributed by atoms with van der Waals surface area (Å²) < 4.78 is 28.5. The van der Waals surface area contributed by atoms with Gasteiger partial charge in [0.1, 0.15) is 6.10 Å². The van der Waals surface area contributed by atoms with Gasteiger partial charge in [-0.3, -0.25) is 0 Å². The zero-order valence-corrected chi connectivity index (χ0v) is 16.3. The van der Waals surface area contributed by atoms with Gasteiger partial charge in [0.05, 0.1) is 25.2 Å². The van der Waals surface area contributed by atoms with Crippen molar-refractivity contribution in [2.24, 2.45) is 5.92 Å². The lowest BCUT2D eigenvalue weighted by Crippen LogP contribution is -2.50. The topological polar surface area (TPSA) is 49.5 Å². The van der Waals surface area contributed by atoms with Crippen molar-refractivity contribution >= 4 is 0 Å². The van der Waals surface area contributed by atoms with E-state index in [1.54, 1.807) is 21.3 Å². The van der Waals surface area contributed by atoms with E-state index in [0.717, 1.165) is 32.3 Å². The lowest BCUT2D eigenvalue weighted by molar-refractivity contribution is -0.390. The van der Waals surface area contributed by atoms with Gasteiger partial charge in [0.25, 0.3) is 5.97 Å². The molecule has 0 amide bonds. The van der Waals surface area contributed by atoms with Crippen molar-refractivity contribution in [2.45, 2.75) is 83.4 Å². The quantitative estimate of drug-likeness (QED) is 0.239. The molecule has 0 bridgehead atoms. The van der Waals surface area contributed by atoms with Gasteiger partial charge in [-0.05, 0) is 12.8 Å².